The Kier molecular flexibility index (Phi) is 3.33. The molecule has 4 heteroatoms. The highest BCUT2D eigenvalue weighted by Crippen LogP contribution is 2.33. The minimum atomic E-state index is -0.759. The number of carboxylic acids is 1. The summed E-state index contributed by atoms with van der Waals surface area (Å²) in [5.74, 6) is 0.0768. The van der Waals surface area contributed by atoms with E-state index in [4.69, 9.17) is 9.84 Å². The van der Waals surface area contributed by atoms with Crippen LogP contribution >= 0.6 is 0 Å². The first kappa shape index (κ1) is 11.9. The van der Waals surface area contributed by atoms with E-state index in [-0.39, 0.29) is 12.5 Å². The van der Waals surface area contributed by atoms with E-state index in [0.717, 1.165) is 24.3 Å². The van der Waals surface area contributed by atoms with Crippen LogP contribution in [0.3, 0.4) is 0 Å². The number of ether oxygens (including phenoxy) is 1. The largest absolute Gasteiger partial charge is 0.497 e. The molecule has 1 aromatic rings. The summed E-state index contributed by atoms with van der Waals surface area (Å²) >= 11 is 0. The number of hydrogen-bond acceptors (Lipinski definition) is 3. The van der Waals surface area contributed by atoms with E-state index in [1.165, 1.54) is 5.56 Å². The summed E-state index contributed by atoms with van der Waals surface area (Å²) in [6, 6.07) is 5.86. The lowest BCUT2D eigenvalue weighted by Crippen LogP contribution is -2.33. The maximum atomic E-state index is 10.9. The molecule has 1 unspecified atom stereocenters. The molecule has 17 heavy (non-hydrogen) atoms. The number of carbonyl (C=O) groups is 1. The Morgan fingerprint density at radius 3 is 3.00 bits per heavy atom. The minimum Gasteiger partial charge on any atom is -0.497 e. The predicted molar refractivity (Wildman–Crippen MR) is 64.3 cm³/mol. The molecule has 0 saturated heterocycles. The van der Waals surface area contributed by atoms with E-state index in [1.54, 1.807) is 7.11 Å². The normalized spacial score (nSPS) is 19.8. The maximum Gasteiger partial charge on any atom is 0.305 e. The van der Waals surface area contributed by atoms with Crippen molar-refractivity contribution in [2.45, 2.75) is 18.9 Å². The molecule has 0 spiro atoms. The Balaban J connectivity index is 2.34. The summed E-state index contributed by atoms with van der Waals surface area (Å²) in [7, 11) is 3.62. The molecular weight excluding hydrogens is 218 g/mol. The number of rotatable bonds is 3. The smallest absolute Gasteiger partial charge is 0.305 e. The van der Waals surface area contributed by atoms with Gasteiger partial charge < -0.3 is 9.84 Å². The van der Waals surface area contributed by atoms with E-state index in [9.17, 15) is 4.79 Å². The number of fused-ring (bicyclic) bond motifs is 1. The van der Waals surface area contributed by atoms with Gasteiger partial charge in [-0.2, -0.15) is 0 Å². The van der Waals surface area contributed by atoms with Gasteiger partial charge in [-0.25, -0.2) is 0 Å². The topological polar surface area (TPSA) is 49.8 Å². The van der Waals surface area contributed by atoms with Gasteiger partial charge in [-0.15, -0.1) is 0 Å². The van der Waals surface area contributed by atoms with Crippen LogP contribution in [0.1, 0.15) is 23.6 Å². The standard InChI is InChI=1S/C13H17NO3/c1-14-6-5-9-7-10(17-2)3-4-11(9)12(14)8-13(15)16/h3-4,7,12H,5-6,8H2,1-2H3,(H,15,16). The van der Waals surface area contributed by atoms with Crippen molar-refractivity contribution in [1.29, 1.82) is 0 Å². The molecule has 1 N–H and O–H groups in total. The number of nitrogens with zero attached hydrogens (tertiary/aromatic N) is 1. The molecule has 2 rings (SSSR count). The quantitative estimate of drug-likeness (QED) is 0.866. The summed E-state index contributed by atoms with van der Waals surface area (Å²) in [5, 5.41) is 8.96. The summed E-state index contributed by atoms with van der Waals surface area (Å²) in [6.45, 7) is 0.887. The zero-order valence-corrected chi connectivity index (χ0v) is 10.1. The van der Waals surface area contributed by atoms with Crippen molar-refractivity contribution in [2.75, 3.05) is 20.7 Å². The number of methoxy groups -OCH3 is 1. The van der Waals surface area contributed by atoms with Crippen LogP contribution in [0.4, 0.5) is 0 Å². The molecule has 0 fully saturated rings. The molecule has 0 amide bonds. The van der Waals surface area contributed by atoms with Gasteiger partial charge in [-0.05, 0) is 36.7 Å². The average molecular weight is 235 g/mol. The highest BCUT2D eigenvalue weighted by Gasteiger charge is 2.26. The first-order valence-corrected chi connectivity index (χ1v) is 5.70. The van der Waals surface area contributed by atoms with E-state index >= 15 is 0 Å². The van der Waals surface area contributed by atoms with Gasteiger partial charge in [0.05, 0.1) is 13.5 Å². The molecule has 1 heterocycles. The summed E-state index contributed by atoms with van der Waals surface area (Å²) in [4.78, 5) is 13.0. The fourth-order valence-electron chi connectivity index (χ4n) is 2.37. The van der Waals surface area contributed by atoms with Gasteiger partial charge in [0, 0.05) is 12.6 Å². The van der Waals surface area contributed by atoms with Crippen LogP contribution in [0.25, 0.3) is 0 Å². The van der Waals surface area contributed by atoms with Crippen molar-refractivity contribution in [3.8, 4) is 5.75 Å². The molecule has 0 bridgehead atoms. The van der Waals surface area contributed by atoms with Crippen LogP contribution in [0.2, 0.25) is 0 Å². The zero-order chi connectivity index (χ0) is 12.4. The lowest BCUT2D eigenvalue weighted by atomic mass is 9.91. The van der Waals surface area contributed by atoms with Crippen LogP contribution in [0, 0.1) is 0 Å². The lowest BCUT2D eigenvalue weighted by Gasteiger charge is -2.33. The van der Waals surface area contributed by atoms with E-state index in [1.807, 2.05) is 25.2 Å². The Labute approximate surface area is 101 Å². The van der Waals surface area contributed by atoms with E-state index < -0.39 is 5.97 Å². The van der Waals surface area contributed by atoms with Gasteiger partial charge in [-0.3, -0.25) is 9.69 Å². The highest BCUT2D eigenvalue weighted by molar-refractivity contribution is 5.68. The molecule has 0 radical (unpaired) electrons. The second-order valence-electron chi connectivity index (χ2n) is 4.41. The van der Waals surface area contributed by atoms with Crippen LogP contribution in [0.5, 0.6) is 5.75 Å². The zero-order valence-electron chi connectivity index (χ0n) is 10.1. The summed E-state index contributed by atoms with van der Waals surface area (Å²) in [6.07, 6.45) is 1.09. The molecule has 0 saturated carbocycles. The predicted octanol–water partition coefficient (Wildman–Crippen LogP) is 1.70. The second-order valence-corrected chi connectivity index (χ2v) is 4.41. The van der Waals surface area contributed by atoms with Crippen LogP contribution in [-0.2, 0) is 11.2 Å². The second kappa shape index (κ2) is 4.75. The van der Waals surface area contributed by atoms with Gasteiger partial charge in [0.2, 0.25) is 0 Å². The third-order valence-electron chi connectivity index (χ3n) is 3.34. The first-order chi connectivity index (χ1) is 8.11. The van der Waals surface area contributed by atoms with Gasteiger partial charge in [0.15, 0.2) is 0 Å². The number of aliphatic carboxylic acids is 1. The van der Waals surface area contributed by atoms with E-state index in [2.05, 4.69) is 4.90 Å². The molecule has 1 aromatic carbocycles. The molecule has 1 aliphatic rings. The van der Waals surface area contributed by atoms with Gasteiger partial charge in [0.1, 0.15) is 5.75 Å². The Morgan fingerprint density at radius 1 is 1.59 bits per heavy atom. The van der Waals surface area contributed by atoms with Crippen molar-refractivity contribution in [3.63, 3.8) is 0 Å². The van der Waals surface area contributed by atoms with Crippen molar-refractivity contribution >= 4 is 5.97 Å². The van der Waals surface area contributed by atoms with E-state index in [0.29, 0.717) is 0 Å². The minimum absolute atomic E-state index is 0.0258. The number of hydrogen-bond donors (Lipinski definition) is 1. The van der Waals surface area contributed by atoms with Crippen molar-refractivity contribution in [1.82, 2.24) is 4.90 Å². The lowest BCUT2D eigenvalue weighted by molar-refractivity contribution is -0.138. The Bertz CT molecular complexity index is 431. The van der Waals surface area contributed by atoms with Crippen LogP contribution in [0.15, 0.2) is 18.2 Å². The van der Waals surface area contributed by atoms with Gasteiger partial charge >= 0.3 is 5.97 Å². The Hall–Kier alpha value is -1.55. The highest BCUT2D eigenvalue weighted by atomic mass is 16.5. The Morgan fingerprint density at radius 2 is 2.35 bits per heavy atom. The number of carboxylic acid groups (broad SMARTS) is 1. The number of likely N-dealkylation sites (N-methyl/N-ethyl adjacent to an activating group) is 1. The van der Waals surface area contributed by atoms with Gasteiger partial charge in [0.25, 0.3) is 0 Å². The van der Waals surface area contributed by atoms with Crippen LogP contribution < -0.4 is 4.74 Å². The number of benzene rings is 1. The maximum absolute atomic E-state index is 10.9. The third kappa shape index (κ3) is 2.42. The fourth-order valence-corrected chi connectivity index (χ4v) is 2.37. The van der Waals surface area contributed by atoms with Crippen molar-refractivity contribution < 1.29 is 14.6 Å². The molecule has 1 aliphatic heterocycles. The van der Waals surface area contributed by atoms with Crippen molar-refractivity contribution in [2.24, 2.45) is 0 Å². The molecule has 1 atom stereocenters. The summed E-state index contributed by atoms with van der Waals surface area (Å²) < 4.78 is 5.19. The SMILES string of the molecule is COc1ccc2c(c1)CCN(C)C2CC(=O)O. The molecule has 4 nitrogen and oxygen atoms in total. The molecule has 0 aromatic heterocycles. The molecule has 92 valence electrons. The summed E-state index contributed by atoms with van der Waals surface area (Å²) in [5.41, 5.74) is 2.32. The molecule has 0 aliphatic carbocycles. The monoisotopic (exact) mass is 235 g/mol. The van der Waals surface area contributed by atoms with Gasteiger partial charge in [-0.1, -0.05) is 6.07 Å². The third-order valence-corrected chi connectivity index (χ3v) is 3.34. The molecular formula is C13H17NO3. The van der Waals surface area contributed by atoms with Crippen molar-refractivity contribution in [3.05, 3.63) is 29.3 Å². The van der Waals surface area contributed by atoms with Crippen LogP contribution in [-0.4, -0.2) is 36.7 Å². The first-order valence-electron chi connectivity index (χ1n) is 5.70. The fraction of sp³-hybridized carbons (Fsp3) is 0.462. The average Bonchev–Trinajstić information content (AvgIpc) is 2.32.